The molecule has 4 atom stereocenters. The number of hydrogen-bond donors (Lipinski definition) is 1. The van der Waals surface area contributed by atoms with E-state index in [1.165, 1.54) is 4.90 Å². The molecule has 3 fully saturated rings. The number of nitrogens with one attached hydrogen (secondary N) is 1. The van der Waals surface area contributed by atoms with E-state index in [1.54, 1.807) is 0 Å². The topological polar surface area (TPSA) is 73.2 Å². The molecule has 1 heterocycles. The van der Waals surface area contributed by atoms with Crippen LogP contribution in [0.5, 0.6) is 0 Å². The largest absolute Gasteiger partial charge is 0.302 e. The maximum Gasteiger partial charge on any atom is 0.233 e. The van der Waals surface area contributed by atoms with Gasteiger partial charge in [0, 0.05) is 6.54 Å². The summed E-state index contributed by atoms with van der Waals surface area (Å²) in [6, 6.07) is 2.39. The third kappa shape index (κ3) is 1.78. The Balaban J connectivity index is 1.62. The molecule has 2 aliphatic carbocycles. The number of carbonyl (C=O) groups excluding carboxylic acids is 2. The molecule has 0 aromatic heterocycles. The first kappa shape index (κ1) is 12.6. The zero-order chi connectivity index (χ0) is 13.6. The Labute approximate surface area is 112 Å². The third-order valence-electron chi connectivity index (χ3n) is 5.12. The second-order valence-corrected chi connectivity index (χ2v) is 5.99. The van der Waals surface area contributed by atoms with Gasteiger partial charge in [-0.05, 0) is 38.6 Å². The van der Waals surface area contributed by atoms with Crippen molar-refractivity contribution in [3.8, 4) is 6.07 Å². The van der Waals surface area contributed by atoms with Gasteiger partial charge in [-0.15, -0.1) is 0 Å². The molecule has 0 spiro atoms. The highest BCUT2D eigenvalue weighted by Gasteiger charge is 2.58. The maximum atomic E-state index is 11.9. The summed E-state index contributed by atoms with van der Waals surface area (Å²) >= 11 is 0. The quantitative estimate of drug-likeness (QED) is 0.755. The molecule has 102 valence electrons. The number of hydrogen-bond acceptors (Lipinski definition) is 4. The minimum Gasteiger partial charge on any atom is -0.302 e. The summed E-state index contributed by atoms with van der Waals surface area (Å²) in [7, 11) is 1.82. The second-order valence-electron chi connectivity index (χ2n) is 5.99. The molecule has 3 rings (SSSR count). The van der Waals surface area contributed by atoms with Gasteiger partial charge in [-0.1, -0.05) is 6.42 Å². The second kappa shape index (κ2) is 4.31. The summed E-state index contributed by atoms with van der Waals surface area (Å²) in [6.07, 6.45) is 4.39. The monoisotopic (exact) mass is 261 g/mol. The number of amides is 2. The van der Waals surface area contributed by atoms with Crippen molar-refractivity contribution < 1.29 is 9.59 Å². The van der Waals surface area contributed by atoms with Crippen LogP contribution in [0.3, 0.4) is 0 Å². The number of fused-ring (bicyclic) bond motifs is 1. The molecule has 1 saturated heterocycles. The first-order valence-electron chi connectivity index (χ1n) is 7.08. The standard InChI is InChI=1S/C14H19N3O2/c1-16-14(8-15)5-2-3-9(14)4-6-17-12(18)10-7-11(10)13(17)19/h9-11,16H,2-7H2,1H3. The van der Waals surface area contributed by atoms with Gasteiger partial charge >= 0.3 is 0 Å². The number of rotatable bonds is 4. The van der Waals surface area contributed by atoms with E-state index in [0.29, 0.717) is 6.54 Å². The Bertz CT molecular complexity index is 450. The average molecular weight is 261 g/mol. The number of carbonyl (C=O) groups is 2. The summed E-state index contributed by atoms with van der Waals surface area (Å²) in [6.45, 7) is 0.487. The molecule has 4 unspecified atom stereocenters. The smallest absolute Gasteiger partial charge is 0.233 e. The molecule has 5 nitrogen and oxygen atoms in total. The van der Waals surface area contributed by atoms with Gasteiger partial charge in [-0.2, -0.15) is 5.26 Å². The Morgan fingerprint density at radius 3 is 2.68 bits per heavy atom. The lowest BCUT2D eigenvalue weighted by atomic mass is 9.86. The van der Waals surface area contributed by atoms with Crippen LogP contribution in [0.2, 0.25) is 0 Å². The fourth-order valence-corrected chi connectivity index (χ4v) is 3.76. The summed E-state index contributed by atoms with van der Waals surface area (Å²) < 4.78 is 0. The SMILES string of the molecule is CNC1(C#N)CCCC1CCN1C(=O)C2CC2C1=O. The van der Waals surface area contributed by atoms with Crippen molar-refractivity contribution in [1.82, 2.24) is 10.2 Å². The molecule has 5 heteroatoms. The Morgan fingerprint density at radius 1 is 1.42 bits per heavy atom. The predicted molar refractivity (Wildman–Crippen MR) is 67.7 cm³/mol. The van der Waals surface area contributed by atoms with Crippen molar-refractivity contribution in [2.75, 3.05) is 13.6 Å². The molecule has 0 radical (unpaired) electrons. The molecule has 2 saturated carbocycles. The predicted octanol–water partition coefficient (Wildman–Crippen LogP) is 0.663. The van der Waals surface area contributed by atoms with Crippen LogP contribution in [0.1, 0.15) is 32.1 Å². The lowest BCUT2D eigenvalue weighted by Crippen LogP contribution is -2.46. The van der Waals surface area contributed by atoms with Crippen LogP contribution in [0.15, 0.2) is 0 Å². The van der Waals surface area contributed by atoms with Gasteiger partial charge in [0.1, 0.15) is 5.54 Å². The van der Waals surface area contributed by atoms with Crippen molar-refractivity contribution in [1.29, 1.82) is 5.26 Å². The van der Waals surface area contributed by atoms with E-state index in [9.17, 15) is 14.9 Å². The van der Waals surface area contributed by atoms with Crippen molar-refractivity contribution in [3.63, 3.8) is 0 Å². The first-order valence-corrected chi connectivity index (χ1v) is 7.08. The van der Waals surface area contributed by atoms with Crippen LogP contribution in [0.4, 0.5) is 0 Å². The van der Waals surface area contributed by atoms with Crippen LogP contribution >= 0.6 is 0 Å². The summed E-state index contributed by atoms with van der Waals surface area (Å²) in [4.78, 5) is 25.2. The number of nitrogens with zero attached hydrogens (tertiary/aromatic N) is 2. The molecule has 0 bridgehead atoms. The first-order chi connectivity index (χ1) is 9.13. The van der Waals surface area contributed by atoms with E-state index in [1.807, 2.05) is 7.05 Å². The number of imide groups is 1. The van der Waals surface area contributed by atoms with Crippen LogP contribution in [-0.2, 0) is 9.59 Å². The summed E-state index contributed by atoms with van der Waals surface area (Å²) in [5, 5.41) is 12.5. The zero-order valence-electron chi connectivity index (χ0n) is 11.2. The summed E-state index contributed by atoms with van der Waals surface area (Å²) in [5.74, 6) is 0.238. The van der Waals surface area contributed by atoms with Gasteiger partial charge < -0.3 is 5.32 Å². The van der Waals surface area contributed by atoms with E-state index in [-0.39, 0.29) is 29.6 Å². The number of likely N-dealkylation sites (tertiary alicyclic amines) is 1. The number of piperidine rings is 1. The fraction of sp³-hybridized carbons (Fsp3) is 0.786. The van der Waals surface area contributed by atoms with E-state index in [4.69, 9.17) is 0 Å². The van der Waals surface area contributed by atoms with Crippen LogP contribution in [0.25, 0.3) is 0 Å². The van der Waals surface area contributed by atoms with E-state index in [0.717, 1.165) is 32.1 Å². The minimum atomic E-state index is -0.464. The van der Waals surface area contributed by atoms with Crippen molar-refractivity contribution in [3.05, 3.63) is 0 Å². The molecular formula is C14H19N3O2. The highest BCUT2D eigenvalue weighted by atomic mass is 16.2. The Kier molecular flexibility index (Phi) is 2.86. The van der Waals surface area contributed by atoms with Gasteiger partial charge in [-0.25, -0.2) is 0 Å². The molecule has 2 amide bonds. The number of nitriles is 1. The zero-order valence-corrected chi connectivity index (χ0v) is 11.2. The fourth-order valence-electron chi connectivity index (χ4n) is 3.76. The molecule has 1 aliphatic heterocycles. The van der Waals surface area contributed by atoms with Crippen molar-refractivity contribution in [2.45, 2.75) is 37.6 Å². The Morgan fingerprint density at radius 2 is 2.11 bits per heavy atom. The summed E-state index contributed by atoms with van der Waals surface area (Å²) in [5.41, 5.74) is -0.464. The maximum absolute atomic E-state index is 11.9. The van der Waals surface area contributed by atoms with Gasteiger partial charge in [0.2, 0.25) is 11.8 Å². The van der Waals surface area contributed by atoms with Gasteiger partial charge in [0.25, 0.3) is 0 Å². The van der Waals surface area contributed by atoms with Gasteiger partial charge in [0.05, 0.1) is 17.9 Å². The Hall–Kier alpha value is -1.41. The normalized spacial score (nSPS) is 40.4. The average Bonchev–Trinajstić information content (AvgIpc) is 3.06. The highest BCUT2D eigenvalue weighted by molar-refractivity contribution is 6.08. The lowest BCUT2D eigenvalue weighted by Gasteiger charge is -2.29. The van der Waals surface area contributed by atoms with Crippen LogP contribution in [-0.4, -0.2) is 35.8 Å². The molecule has 3 aliphatic rings. The van der Waals surface area contributed by atoms with E-state index in [2.05, 4.69) is 11.4 Å². The minimum absolute atomic E-state index is 0.0129. The molecular weight excluding hydrogens is 242 g/mol. The molecule has 0 aromatic rings. The molecule has 1 N–H and O–H groups in total. The van der Waals surface area contributed by atoms with Crippen molar-refractivity contribution >= 4 is 11.8 Å². The third-order valence-corrected chi connectivity index (χ3v) is 5.12. The van der Waals surface area contributed by atoms with Gasteiger partial charge in [0.15, 0.2) is 0 Å². The highest BCUT2D eigenvalue weighted by Crippen LogP contribution is 2.47. The van der Waals surface area contributed by atoms with E-state index >= 15 is 0 Å². The molecule has 19 heavy (non-hydrogen) atoms. The van der Waals surface area contributed by atoms with E-state index < -0.39 is 5.54 Å². The van der Waals surface area contributed by atoms with Crippen molar-refractivity contribution in [2.24, 2.45) is 17.8 Å². The van der Waals surface area contributed by atoms with Gasteiger partial charge in [-0.3, -0.25) is 14.5 Å². The lowest BCUT2D eigenvalue weighted by molar-refractivity contribution is -0.141. The van der Waals surface area contributed by atoms with Crippen LogP contribution in [0, 0.1) is 29.1 Å². The molecule has 0 aromatic carbocycles. The van der Waals surface area contributed by atoms with Crippen LogP contribution < -0.4 is 5.32 Å².